The Balaban J connectivity index is 2.72. The molecule has 88 valence electrons. The Bertz CT molecular complexity index is 350. The Kier molecular flexibility index (Phi) is 4.47. The van der Waals surface area contributed by atoms with Crippen molar-refractivity contribution in [3.8, 4) is 0 Å². The maximum atomic E-state index is 11.7. The average Bonchev–Trinajstić information content (AvgIpc) is 2.45. The number of carbonyl (C=O) groups is 2. The minimum Gasteiger partial charge on any atom is -0.458 e. The van der Waals surface area contributed by atoms with Crippen LogP contribution in [-0.4, -0.2) is 17.9 Å². The molecule has 16 heavy (non-hydrogen) atoms. The summed E-state index contributed by atoms with van der Waals surface area (Å²) in [5, 5.41) is 0. The lowest BCUT2D eigenvalue weighted by molar-refractivity contribution is -0.144. The van der Waals surface area contributed by atoms with Crippen LogP contribution in [0.4, 0.5) is 0 Å². The van der Waals surface area contributed by atoms with Crippen LogP contribution in [-0.2, 0) is 14.3 Å². The van der Waals surface area contributed by atoms with Gasteiger partial charge in [0.15, 0.2) is 5.78 Å². The number of Topliss-reactive ketones (excluding diaryl/α,β-unsaturated/α-hetero) is 1. The van der Waals surface area contributed by atoms with Crippen LogP contribution in [0.3, 0.4) is 0 Å². The minimum atomic E-state index is -0.338. The second kappa shape index (κ2) is 5.64. The summed E-state index contributed by atoms with van der Waals surface area (Å²) >= 11 is 0. The molecule has 0 amide bonds. The van der Waals surface area contributed by atoms with E-state index >= 15 is 0 Å². The number of hydrogen-bond donors (Lipinski definition) is 0. The van der Waals surface area contributed by atoms with Gasteiger partial charge in [-0.05, 0) is 25.3 Å². The van der Waals surface area contributed by atoms with Crippen LogP contribution in [0.5, 0.6) is 0 Å². The van der Waals surface area contributed by atoms with Crippen LogP contribution in [0.1, 0.15) is 40.0 Å². The number of rotatable bonds is 4. The van der Waals surface area contributed by atoms with Gasteiger partial charge >= 0.3 is 5.97 Å². The van der Waals surface area contributed by atoms with E-state index in [0.717, 1.165) is 17.6 Å². The van der Waals surface area contributed by atoms with Crippen molar-refractivity contribution in [2.24, 2.45) is 0 Å². The lowest BCUT2D eigenvalue weighted by Gasteiger charge is -2.10. The molecule has 0 bridgehead atoms. The minimum absolute atomic E-state index is 0.101. The number of ether oxygens (including phenoxy) is 1. The molecule has 0 N–H and O–H groups in total. The van der Waals surface area contributed by atoms with E-state index < -0.39 is 0 Å². The maximum Gasteiger partial charge on any atom is 0.303 e. The van der Waals surface area contributed by atoms with Gasteiger partial charge in [-0.1, -0.05) is 19.1 Å². The Labute approximate surface area is 96.2 Å². The molecule has 1 aliphatic carbocycles. The predicted octanol–water partition coefficient (Wildman–Crippen LogP) is 2.56. The molecule has 0 radical (unpaired) electrons. The summed E-state index contributed by atoms with van der Waals surface area (Å²) in [6.07, 6.45) is 5.61. The molecule has 1 aliphatic rings. The average molecular weight is 222 g/mol. The quantitative estimate of drug-likeness (QED) is 0.542. The van der Waals surface area contributed by atoms with Gasteiger partial charge in [-0.2, -0.15) is 0 Å². The molecular weight excluding hydrogens is 204 g/mol. The summed E-state index contributed by atoms with van der Waals surface area (Å²) in [6.45, 7) is 5.29. The highest BCUT2D eigenvalue weighted by atomic mass is 16.5. The van der Waals surface area contributed by atoms with Crippen molar-refractivity contribution in [1.29, 1.82) is 0 Å². The second-order valence-corrected chi connectivity index (χ2v) is 3.97. The van der Waals surface area contributed by atoms with Gasteiger partial charge in [0.2, 0.25) is 0 Å². The molecular formula is C13H18O3. The molecule has 0 saturated heterocycles. The third-order valence-corrected chi connectivity index (χ3v) is 2.70. The normalized spacial score (nSPS) is 20.9. The summed E-state index contributed by atoms with van der Waals surface area (Å²) in [5.41, 5.74) is 1.71. The molecule has 0 aromatic heterocycles. The first-order chi connectivity index (χ1) is 7.56. The van der Waals surface area contributed by atoms with E-state index in [4.69, 9.17) is 4.74 Å². The van der Waals surface area contributed by atoms with Crippen molar-refractivity contribution in [2.75, 3.05) is 0 Å². The lowest BCUT2D eigenvalue weighted by Crippen LogP contribution is -2.15. The van der Waals surface area contributed by atoms with Gasteiger partial charge in [-0.25, -0.2) is 0 Å². The summed E-state index contributed by atoms with van der Waals surface area (Å²) in [6, 6.07) is 0. The van der Waals surface area contributed by atoms with Crippen LogP contribution >= 0.6 is 0 Å². The fourth-order valence-electron chi connectivity index (χ4n) is 1.83. The van der Waals surface area contributed by atoms with Crippen molar-refractivity contribution < 1.29 is 14.3 Å². The molecule has 1 atom stereocenters. The van der Waals surface area contributed by atoms with Gasteiger partial charge in [0.05, 0.1) is 6.42 Å². The molecule has 0 aromatic carbocycles. The molecule has 0 aliphatic heterocycles. The molecule has 0 spiro atoms. The van der Waals surface area contributed by atoms with Crippen molar-refractivity contribution >= 4 is 11.8 Å². The Morgan fingerprint density at radius 2 is 2.19 bits per heavy atom. The van der Waals surface area contributed by atoms with E-state index in [1.807, 2.05) is 19.1 Å². The summed E-state index contributed by atoms with van der Waals surface area (Å²) in [4.78, 5) is 22.5. The third-order valence-electron chi connectivity index (χ3n) is 2.70. The maximum absolute atomic E-state index is 11.7. The third kappa shape index (κ3) is 3.05. The number of carbonyl (C=O) groups excluding carboxylic acids is 2. The second-order valence-electron chi connectivity index (χ2n) is 3.97. The Hall–Kier alpha value is -1.38. The summed E-state index contributed by atoms with van der Waals surface area (Å²) < 4.78 is 5.09. The van der Waals surface area contributed by atoms with E-state index in [-0.39, 0.29) is 17.9 Å². The van der Waals surface area contributed by atoms with Crippen molar-refractivity contribution in [3.05, 3.63) is 23.3 Å². The van der Waals surface area contributed by atoms with E-state index in [0.29, 0.717) is 12.8 Å². The molecule has 0 fully saturated rings. The predicted molar refractivity (Wildman–Crippen MR) is 61.9 cm³/mol. The van der Waals surface area contributed by atoms with Gasteiger partial charge in [-0.3, -0.25) is 9.59 Å². The molecule has 0 saturated carbocycles. The van der Waals surface area contributed by atoms with Gasteiger partial charge in [0.25, 0.3) is 0 Å². The number of allylic oxidation sites excluding steroid dienone is 3. The van der Waals surface area contributed by atoms with E-state index in [9.17, 15) is 9.59 Å². The van der Waals surface area contributed by atoms with Gasteiger partial charge in [-0.15, -0.1) is 0 Å². The van der Waals surface area contributed by atoms with Gasteiger partial charge in [0.1, 0.15) is 6.10 Å². The fourth-order valence-corrected chi connectivity index (χ4v) is 1.83. The van der Waals surface area contributed by atoms with Crippen LogP contribution in [0.15, 0.2) is 23.3 Å². The first-order valence-electron chi connectivity index (χ1n) is 5.61. The smallest absolute Gasteiger partial charge is 0.303 e. The number of ketones is 1. The monoisotopic (exact) mass is 222 g/mol. The lowest BCUT2D eigenvalue weighted by atomic mass is 10.1. The highest BCUT2D eigenvalue weighted by Gasteiger charge is 2.30. The molecule has 3 heteroatoms. The van der Waals surface area contributed by atoms with E-state index in [1.54, 1.807) is 0 Å². The standard InChI is InChI=1S/C13H18O3/c1-4-5-6-7-11-9(2)13(8-12(11)15)16-10(3)14/h5-6,13H,4,7-8H2,1-3H3. The van der Waals surface area contributed by atoms with Crippen molar-refractivity contribution in [2.45, 2.75) is 46.1 Å². The summed E-state index contributed by atoms with van der Waals surface area (Å²) in [5.74, 6) is -0.230. The zero-order valence-corrected chi connectivity index (χ0v) is 10.1. The topological polar surface area (TPSA) is 43.4 Å². The molecule has 1 rings (SSSR count). The molecule has 1 unspecified atom stereocenters. The van der Waals surface area contributed by atoms with Crippen molar-refractivity contribution in [1.82, 2.24) is 0 Å². The zero-order valence-electron chi connectivity index (χ0n) is 10.1. The largest absolute Gasteiger partial charge is 0.458 e. The Morgan fingerprint density at radius 1 is 1.50 bits per heavy atom. The van der Waals surface area contributed by atoms with Crippen LogP contribution in [0, 0.1) is 0 Å². The first-order valence-corrected chi connectivity index (χ1v) is 5.61. The van der Waals surface area contributed by atoms with Crippen LogP contribution in [0.2, 0.25) is 0 Å². The Morgan fingerprint density at radius 3 is 2.75 bits per heavy atom. The summed E-state index contributed by atoms with van der Waals surface area (Å²) in [7, 11) is 0. The van der Waals surface area contributed by atoms with Gasteiger partial charge in [0, 0.05) is 12.5 Å². The highest BCUT2D eigenvalue weighted by molar-refractivity contribution is 6.00. The van der Waals surface area contributed by atoms with Crippen LogP contribution < -0.4 is 0 Å². The zero-order chi connectivity index (χ0) is 12.1. The first kappa shape index (κ1) is 12.7. The SMILES string of the molecule is CCC=CCC1=C(C)C(OC(C)=O)CC1=O. The van der Waals surface area contributed by atoms with Crippen molar-refractivity contribution in [3.63, 3.8) is 0 Å². The van der Waals surface area contributed by atoms with Gasteiger partial charge < -0.3 is 4.74 Å². The molecule has 0 heterocycles. The van der Waals surface area contributed by atoms with E-state index in [2.05, 4.69) is 6.92 Å². The van der Waals surface area contributed by atoms with E-state index in [1.165, 1.54) is 6.92 Å². The number of esters is 1. The number of hydrogen-bond acceptors (Lipinski definition) is 3. The molecule has 3 nitrogen and oxygen atoms in total. The van der Waals surface area contributed by atoms with Crippen LogP contribution in [0.25, 0.3) is 0 Å². The fraction of sp³-hybridized carbons (Fsp3) is 0.538. The molecule has 0 aromatic rings. The highest BCUT2D eigenvalue weighted by Crippen LogP contribution is 2.28.